The van der Waals surface area contributed by atoms with Gasteiger partial charge in [0.25, 0.3) is 0 Å². The molecular weight excluding hydrogens is 366 g/mol. The molecule has 1 aromatic heterocycles. The highest BCUT2D eigenvalue weighted by Gasteiger charge is 2.21. The molecule has 1 heterocycles. The summed E-state index contributed by atoms with van der Waals surface area (Å²) in [5.41, 5.74) is 6.73. The Kier molecular flexibility index (Phi) is 4.65. The van der Waals surface area contributed by atoms with E-state index in [1.165, 1.54) is 21.9 Å². The van der Waals surface area contributed by atoms with Gasteiger partial charge >= 0.3 is 0 Å². The largest absolute Gasteiger partial charge is 0.309 e. The first-order chi connectivity index (χ1) is 14.0. The molecule has 2 heteroatoms. The molecular formula is C28H31NO. The molecule has 154 valence electrons. The number of rotatable bonds is 2. The van der Waals surface area contributed by atoms with E-state index >= 15 is 0 Å². The smallest absolute Gasteiger partial charge is 0.161 e. The van der Waals surface area contributed by atoms with Gasteiger partial charge in [0, 0.05) is 16.3 Å². The van der Waals surface area contributed by atoms with Gasteiger partial charge in [0.2, 0.25) is 0 Å². The van der Waals surface area contributed by atoms with Crippen LogP contribution in [0.2, 0.25) is 0 Å². The third-order valence-corrected chi connectivity index (χ3v) is 6.02. The zero-order valence-electron chi connectivity index (χ0n) is 19.1. The summed E-state index contributed by atoms with van der Waals surface area (Å²) in [6, 6.07) is 21.4. The first kappa shape index (κ1) is 20.4. The first-order valence-corrected chi connectivity index (χ1v) is 10.7. The molecule has 0 saturated carbocycles. The molecule has 0 spiro atoms. The lowest BCUT2D eigenvalue weighted by atomic mass is 9.85. The quantitative estimate of drug-likeness (QED) is 0.319. The predicted octanol–water partition coefficient (Wildman–Crippen LogP) is 7.58. The van der Waals surface area contributed by atoms with Gasteiger partial charge in [0.1, 0.15) is 0 Å². The number of nitrogens with zero attached hydrogens (tertiary/aromatic N) is 1. The van der Waals surface area contributed by atoms with Crippen LogP contribution in [0.5, 0.6) is 0 Å². The minimum Gasteiger partial charge on any atom is -0.309 e. The molecule has 0 fully saturated rings. The number of hydrogen-bond acceptors (Lipinski definition) is 1. The Labute approximate surface area is 179 Å². The Morgan fingerprint density at radius 1 is 0.700 bits per heavy atom. The van der Waals surface area contributed by atoms with Crippen molar-refractivity contribution in [1.29, 1.82) is 0 Å². The lowest BCUT2D eigenvalue weighted by Crippen LogP contribution is -2.10. The van der Waals surface area contributed by atoms with Crippen molar-refractivity contribution in [2.75, 3.05) is 0 Å². The zero-order chi connectivity index (χ0) is 21.8. The molecule has 0 bridgehead atoms. The van der Waals surface area contributed by atoms with E-state index in [2.05, 4.69) is 82.5 Å². The van der Waals surface area contributed by atoms with Crippen LogP contribution in [0.3, 0.4) is 0 Å². The van der Waals surface area contributed by atoms with Crippen molar-refractivity contribution in [3.63, 3.8) is 0 Å². The van der Waals surface area contributed by atoms with Gasteiger partial charge in [0.15, 0.2) is 5.78 Å². The average Bonchev–Trinajstić information content (AvgIpc) is 2.99. The van der Waals surface area contributed by atoms with Crippen LogP contribution in [-0.4, -0.2) is 10.4 Å². The second kappa shape index (κ2) is 6.84. The van der Waals surface area contributed by atoms with E-state index in [0.29, 0.717) is 0 Å². The number of para-hydroxylation sites is 1. The van der Waals surface area contributed by atoms with E-state index in [1.807, 2.05) is 24.3 Å². The summed E-state index contributed by atoms with van der Waals surface area (Å²) in [5, 5.41) is 2.48. The van der Waals surface area contributed by atoms with Crippen molar-refractivity contribution in [3.05, 3.63) is 77.4 Å². The number of benzene rings is 3. The van der Waals surface area contributed by atoms with Crippen molar-refractivity contribution in [1.82, 2.24) is 4.57 Å². The van der Waals surface area contributed by atoms with Crippen LogP contribution in [0.25, 0.3) is 27.5 Å². The van der Waals surface area contributed by atoms with Crippen molar-refractivity contribution in [2.24, 2.45) is 0 Å². The third kappa shape index (κ3) is 3.35. The highest BCUT2D eigenvalue weighted by Crippen LogP contribution is 2.38. The van der Waals surface area contributed by atoms with Crippen molar-refractivity contribution >= 4 is 27.6 Å². The van der Waals surface area contributed by atoms with E-state index in [0.717, 1.165) is 22.3 Å². The van der Waals surface area contributed by atoms with Gasteiger partial charge in [-0.25, -0.2) is 0 Å². The lowest BCUT2D eigenvalue weighted by Gasteiger charge is -2.19. The van der Waals surface area contributed by atoms with Crippen molar-refractivity contribution < 1.29 is 4.79 Å². The molecule has 0 N–H and O–H groups in total. The second-order valence-corrected chi connectivity index (χ2v) is 10.4. The average molecular weight is 398 g/mol. The molecule has 0 aliphatic carbocycles. The zero-order valence-corrected chi connectivity index (χ0v) is 19.1. The van der Waals surface area contributed by atoms with Crippen molar-refractivity contribution in [3.8, 4) is 5.69 Å². The topological polar surface area (TPSA) is 22.0 Å². The van der Waals surface area contributed by atoms with Crippen LogP contribution >= 0.6 is 0 Å². The van der Waals surface area contributed by atoms with Gasteiger partial charge in [-0.15, -0.1) is 0 Å². The Balaban J connectivity index is 2.16. The minimum absolute atomic E-state index is 0.0710. The number of carbonyl (C=O) groups is 1. The summed E-state index contributed by atoms with van der Waals surface area (Å²) < 4.78 is 2.25. The molecule has 4 rings (SSSR count). The maximum absolute atomic E-state index is 12.4. The van der Waals surface area contributed by atoms with Gasteiger partial charge in [-0.3, -0.25) is 4.79 Å². The fourth-order valence-electron chi connectivity index (χ4n) is 4.18. The molecule has 0 aliphatic heterocycles. The molecule has 3 aromatic carbocycles. The summed E-state index contributed by atoms with van der Waals surface area (Å²) in [5.74, 6) is 0.0817. The summed E-state index contributed by atoms with van der Waals surface area (Å²) in [6.45, 7) is 15.1. The maximum atomic E-state index is 12.4. The van der Waals surface area contributed by atoms with Gasteiger partial charge in [-0.2, -0.15) is 0 Å². The third-order valence-electron chi connectivity index (χ3n) is 6.02. The van der Waals surface area contributed by atoms with Crippen LogP contribution in [0, 0.1) is 0 Å². The van der Waals surface area contributed by atoms with Crippen molar-refractivity contribution in [2.45, 2.75) is 59.3 Å². The Hall–Kier alpha value is -2.87. The number of hydrogen-bond donors (Lipinski definition) is 0. The number of carbonyl (C=O) groups excluding carboxylic acids is 1. The number of ketones is 1. The molecule has 30 heavy (non-hydrogen) atoms. The SMILES string of the molecule is CC(=O)c1ccccc1-n1c2ccc(C(C)(C)C)cc2c2cc(C(C)(C)C)ccc21. The van der Waals surface area contributed by atoms with Crippen LogP contribution in [-0.2, 0) is 10.8 Å². The standard InChI is InChI=1S/C28H31NO/c1-18(30)21-10-8-9-11-24(21)29-25-14-12-19(27(2,3)4)16-22(25)23-17-20(28(5,6)7)13-15-26(23)29/h8-17H,1-7H3. The number of fused-ring (bicyclic) bond motifs is 3. The fourth-order valence-corrected chi connectivity index (χ4v) is 4.18. The normalized spacial score (nSPS) is 12.6. The summed E-state index contributed by atoms with van der Waals surface area (Å²) >= 11 is 0. The maximum Gasteiger partial charge on any atom is 0.161 e. The van der Waals surface area contributed by atoms with E-state index in [9.17, 15) is 4.79 Å². The monoisotopic (exact) mass is 397 g/mol. The predicted molar refractivity (Wildman–Crippen MR) is 128 cm³/mol. The minimum atomic E-state index is 0.0710. The van der Waals surface area contributed by atoms with E-state index in [4.69, 9.17) is 0 Å². The molecule has 0 amide bonds. The van der Waals surface area contributed by atoms with Crippen LogP contribution in [0.1, 0.15) is 70.0 Å². The Bertz CT molecular complexity index is 1200. The van der Waals surface area contributed by atoms with Gasteiger partial charge in [0.05, 0.1) is 16.7 Å². The summed E-state index contributed by atoms with van der Waals surface area (Å²) in [4.78, 5) is 12.4. The summed E-state index contributed by atoms with van der Waals surface area (Å²) in [6.07, 6.45) is 0. The van der Waals surface area contributed by atoms with E-state index < -0.39 is 0 Å². The lowest BCUT2D eigenvalue weighted by molar-refractivity contribution is 0.101. The molecule has 0 atom stereocenters. The second-order valence-electron chi connectivity index (χ2n) is 10.4. The highest BCUT2D eigenvalue weighted by molar-refractivity contribution is 6.11. The van der Waals surface area contributed by atoms with Crippen LogP contribution in [0.15, 0.2) is 60.7 Å². The fraction of sp³-hybridized carbons (Fsp3) is 0.321. The Morgan fingerprint density at radius 3 is 1.60 bits per heavy atom. The number of Topliss-reactive ketones (excluding diaryl/α,β-unsaturated/α-hetero) is 1. The first-order valence-electron chi connectivity index (χ1n) is 10.7. The molecule has 0 aliphatic rings. The number of aromatic nitrogens is 1. The molecule has 2 nitrogen and oxygen atoms in total. The Morgan fingerprint density at radius 2 is 1.17 bits per heavy atom. The summed E-state index contributed by atoms with van der Waals surface area (Å²) in [7, 11) is 0. The van der Waals surface area contributed by atoms with E-state index in [-0.39, 0.29) is 16.6 Å². The van der Waals surface area contributed by atoms with E-state index in [1.54, 1.807) is 6.92 Å². The van der Waals surface area contributed by atoms with Crippen LogP contribution in [0.4, 0.5) is 0 Å². The van der Waals surface area contributed by atoms with Crippen LogP contribution < -0.4 is 0 Å². The van der Waals surface area contributed by atoms with Gasteiger partial charge in [-0.05, 0) is 65.3 Å². The molecule has 4 aromatic rings. The molecule has 0 radical (unpaired) electrons. The van der Waals surface area contributed by atoms with Gasteiger partial charge in [-0.1, -0.05) is 65.8 Å². The van der Waals surface area contributed by atoms with Gasteiger partial charge < -0.3 is 4.57 Å². The highest BCUT2D eigenvalue weighted by atomic mass is 16.1. The molecule has 0 unspecified atom stereocenters. The molecule has 0 saturated heterocycles.